The number of carbonyl (C=O) groups excluding carboxylic acids is 1. The van der Waals surface area contributed by atoms with Crippen LogP contribution in [0.2, 0.25) is 0 Å². The van der Waals surface area contributed by atoms with Crippen LogP contribution in [0, 0.1) is 19.8 Å². The van der Waals surface area contributed by atoms with Crippen LogP contribution >= 0.6 is 0 Å². The third-order valence-electron chi connectivity index (χ3n) is 5.97. The lowest BCUT2D eigenvalue weighted by molar-refractivity contribution is -0.158. The van der Waals surface area contributed by atoms with E-state index in [9.17, 15) is 9.90 Å². The van der Waals surface area contributed by atoms with Gasteiger partial charge in [0.05, 0.1) is 19.3 Å². The van der Waals surface area contributed by atoms with E-state index in [1.54, 1.807) is 20.8 Å². The Morgan fingerprint density at radius 2 is 1.75 bits per heavy atom. The van der Waals surface area contributed by atoms with Gasteiger partial charge in [-0.1, -0.05) is 31.2 Å². The van der Waals surface area contributed by atoms with Crippen molar-refractivity contribution < 1.29 is 24.1 Å². The maximum absolute atomic E-state index is 12.2. The largest absolute Gasteiger partial charge is 0.494 e. The summed E-state index contributed by atoms with van der Waals surface area (Å²) in [6, 6.07) is 12.0. The molecular weight excluding hydrogens is 404 g/mol. The van der Waals surface area contributed by atoms with Gasteiger partial charge < -0.3 is 19.3 Å². The predicted octanol–water partition coefficient (Wildman–Crippen LogP) is 5.65. The number of carbonyl (C=O) groups is 1. The van der Waals surface area contributed by atoms with Crippen molar-refractivity contribution in [1.82, 2.24) is 0 Å². The summed E-state index contributed by atoms with van der Waals surface area (Å²) in [4.78, 5) is 12.2. The highest BCUT2D eigenvalue weighted by Crippen LogP contribution is 2.54. The van der Waals surface area contributed by atoms with Crippen molar-refractivity contribution in [1.29, 1.82) is 0 Å². The Bertz CT molecular complexity index is 909. The minimum atomic E-state index is -1.06. The Balaban J connectivity index is 1.69. The van der Waals surface area contributed by atoms with E-state index in [1.165, 1.54) is 5.56 Å². The van der Waals surface area contributed by atoms with Crippen LogP contribution in [0.1, 0.15) is 74.8 Å². The number of benzene rings is 2. The molecule has 0 saturated heterocycles. The summed E-state index contributed by atoms with van der Waals surface area (Å²) in [6.07, 6.45) is 1.42. The second-order valence-corrected chi connectivity index (χ2v) is 9.19. The van der Waals surface area contributed by atoms with Gasteiger partial charge in [0.1, 0.15) is 11.5 Å². The van der Waals surface area contributed by atoms with E-state index in [1.807, 2.05) is 38.1 Å². The molecule has 5 nitrogen and oxygen atoms in total. The smallest absolute Gasteiger partial charge is 0.349 e. The second kappa shape index (κ2) is 9.95. The number of aryl methyl sites for hydroxylation is 2. The molecule has 2 aromatic rings. The van der Waals surface area contributed by atoms with Crippen LogP contribution in [-0.2, 0) is 9.53 Å². The van der Waals surface area contributed by atoms with E-state index >= 15 is 0 Å². The predicted molar refractivity (Wildman–Crippen MR) is 125 cm³/mol. The summed E-state index contributed by atoms with van der Waals surface area (Å²) >= 11 is 0. The van der Waals surface area contributed by atoms with Crippen LogP contribution in [0.3, 0.4) is 0 Å². The first-order valence-electron chi connectivity index (χ1n) is 11.6. The molecule has 0 amide bonds. The standard InChI is InChI=1S/C27H36O5/c1-7-13-31-21-11-9-19(10-12-21)24(28)23-16-22(23)20-14-17(3)25(18(4)15-20)32-27(5,6)26(29)30-8-2/h9-12,14-15,22-24,28H,7-8,13,16H2,1-6H3. The summed E-state index contributed by atoms with van der Waals surface area (Å²) in [5.41, 5.74) is 3.03. The van der Waals surface area contributed by atoms with Gasteiger partial charge in [-0.3, -0.25) is 0 Å². The maximum atomic E-state index is 12.2. The zero-order valence-electron chi connectivity index (χ0n) is 20.1. The number of aliphatic hydroxyl groups excluding tert-OH is 1. The third-order valence-corrected chi connectivity index (χ3v) is 5.97. The average Bonchev–Trinajstić information content (AvgIpc) is 3.55. The van der Waals surface area contributed by atoms with Crippen molar-refractivity contribution in [3.8, 4) is 11.5 Å². The number of ether oxygens (including phenoxy) is 3. The monoisotopic (exact) mass is 440 g/mol. The molecule has 3 unspecified atom stereocenters. The summed E-state index contributed by atoms with van der Waals surface area (Å²) in [7, 11) is 0. The summed E-state index contributed by atoms with van der Waals surface area (Å²) in [5, 5.41) is 10.9. The molecule has 2 aromatic carbocycles. The van der Waals surface area contributed by atoms with Crippen LogP contribution in [0.15, 0.2) is 36.4 Å². The summed E-state index contributed by atoms with van der Waals surface area (Å²) in [5.74, 6) is 1.68. The number of hydrogen-bond acceptors (Lipinski definition) is 5. The van der Waals surface area contributed by atoms with Gasteiger partial charge >= 0.3 is 5.97 Å². The lowest BCUT2D eigenvalue weighted by atomic mass is 9.98. The highest BCUT2D eigenvalue weighted by atomic mass is 16.6. The van der Waals surface area contributed by atoms with Crippen molar-refractivity contribution in [2.24, 2.45) is 5.92 Å². The highest BCUT2D eigenvalue weighted by Gasteiger charge is 2.44. The van der Waals surface area contributed by atoms with Crippen LogP contribution < -0.4 is 9.47 Å². The molecule has 0 radical (unpaired) electrons. The Labute approximate surface area is 191 Å². The van der Waals surface area contributed by atoms with E-state index in [0.29, 0.717) is 24.9 Å². The molecule has 1 saturated carbocycles. The van der Waals surface area contributed by atoms with E-state index < -0.39 is 11.7 Å². The topological polar surface area (TPSA) is 65.0 Å². The fourth-order valence-corrected chi connectivity index (χ4v) is 4.14. The van der Waals surface area contributed by atoms with Gasteiger partial charge in [0.25, 0.3) is 0 Å². The Hall–Kier alpha value is -2.53. The van der Waals surface area contributed by atoms with Crippen LogP contribution in [0.5, 0.6) is 11.5 Å². The molecule has 1 aliphatic rings. The van der Waals surface area contributed by atoms with Crippen LogP contribution in [0.4, 0.5) is 0 Å². The van der Waals surface area contributed by atoms with E-state index in [2.05, 4.69) is 19.1 Å². The molecular formula is C27H36O5. The molecule has 32 heavy (non-hydrogen) atoms. The fourth-order valence-electron chi connectivity index (χ4n) is 4.14. The minimum Gasteiger partial charge on any atom is -0.494 e. The average molecular weight is 441 g/mol. The quantitative estimate of drug-likeness (QED) is 0.484. The highest BCUT2D eigenvalue weighted by molar-refractivity contribution is 5.79. The molecule has 3 rings (SSSR count). The molecule has 0 aromatic heterocycles. The lowest BCUT2D eigenvalue weighted by Gasteiger charge is -2.26. The van der Waals surface area contributed by atoms with Crippen molar-refractivity contribution in [2.45, 2.75) is 72.0 Å². The van der Waals surface area contributed by atoms with Crippen LogP contribution in [-0.4, -0.2) is 29.9 Å². The molecule has 3 atom stereocenters. The van der Waals surface area contributed by atoms with E-state index in [4.69, 9.17) is 14.2 Å². The van der Waals surface area contributed by atoms with E-state index in [0.717, 1.165) is 35.3 Å². The lowest BCUT2D eigenvalue weighted by Crippen LogP contribution is -2.40. The van der Waals surface area contributed by atoms with Crippen molar-refractivity contribution in [3.63, 3.8) is 0 Å². The molecule has 1 aliphatic carbocycles. The van der Waals surface area contributed by atoms with E-state index in [-0.39, 0.29) is 11.9 Å². The Morgan fingerprint density at radius 1 is 1.12 bits per heavy atom. The first-order valence-corrected chi connectivity index (χ1v) is 11.6. The van der Waals surface area contributed by atoms with Gasteiger partial charge in [0, 0.05) is 0 Å². The van der Waals surface area contributed by atoms with Gasteiger partial charge in [0.15, 0.2) is 5.60 Å². The number of rotatable bonds is 10. The SMILES string of the molecule is CCCOc1ccc(C(O)C2CC2c2cc(C)c(OC(C)(C)C(=O)OCC)c(C)c2)cc1. The minimum absolute atomic E-state index is 0.193. The zero-order valence-corrected chi connectivity index (χ0v) is 20.1. The molecule has 174 valence electrons. The number of hydrogen-bond donors (Lipinski definition) is 1. The third kappa shape index (κ3) is 5.44. The van der Waals surface area contributed by atoms with Gasteiger partial charge in [0.2, 0.25) is 0 Å². The second-order valence-electron chi connectivity index (χ2n) is 9.19. The molecule has 0 spiro atoms. The molecule has 0 aliphatic heterocycles. The first-order chi connectivity index (χ1) is 15.2. The summed E-state index contributed by atoms with van der Waals surface area (Å²) in [6.45, 7) is 12.3. The Kier molecular flexibility index (Phi) is 7.50. The summed E-state index contributed by atoms with van der Waals surface area (Å²) < 4.78 is 16.9. The normalized spacial score (nSPS) is 18.7. The first kappa shape index (κ1) is 24.1. The van der Waals surface area contributed by atoms with Crippen molar-refractivity contribution >= 4 is 5.97 Å². The zero-order chi connectivity index (χ0) is 23.5. The maximum Gasteiger partial charge on any atom is 0.349 e. The molecule has 1 fully saturated rings. The molecule has 1 N–H and O–H groups in total. The van der Waals surface area contributed by atoms with Gasteiger partial charge in [-0.25, -0.2) is 4.79 Å². The van der Waals surface area contributed by atoms with Crippen LogP contribution in [0.25, 0.3) is 0 Å². The molecule has 0 heterocycles. The fraction of sp³-hybridized carbons (Fsp3) is 0.519. The van der Waals surface area contributed by atoms with Crippen molar-refractivity contribution in [3.05, 3.63) is 58.7 Å². The molecule has 5 heteroatoms. The molecule has 0 bridgehead atoms. The number of aliphatic hydroxyl groups is 1. The Morgan fingerprint density at radius 3 is 2.31 bits per heavy atom. The van der Waals surface area contributed by atoms with Crippen molar-refractivity contribution in [2.75, 3.05) is 13.2 Å². The van der Waals surface area contributed by atoms with Gasteiger partial charge in [-0.05, 0) is 93.7 Å². The van der Waals surface area contributed by atoms with Gasteiger partial charge in [-0.2, -0.15) is 0 Å². The van der Waals surface area contributed by atoms with Gasteiger partial charge in [-0.15, -0.1) is 0 Å². The number of esters is 1.